The number of methoxy groups -OCH3 is 1. The lowest BCUT2D eigenvalue weighted by atomic mass is 9.99. The van der Waals surface area contributed by atoms with Gasteiger partial charge in [0.25, 0.3) is 0 Å². The first-order valence-electron chi connectivity index (χ1n) is 6.48. The van der Waals surface area contributed by atoms with E-state index in [2.05, 4.69) is 20.4 Å². The van der Waals surface area contributed by atoms with Crippen molar-refractivity contribution in [1.82, 2.24) is 20.4 Å². The van der Waals surface area contributed by atoms with E-state index >= 15 is 0 Å². The third-order valence-electron chi connectivity index (χ3n) is 3.31. The molecule has 0 aliphatic rings. The second-order valence-electron chi connectivity index (χ2n) is 4.53. The van der Waals surface area contributed by atoms with Crippen LogP contribution in [0.4, 0.5) is 0 Å². The van der Waals surface area contributed by atoms with E-state index in [1.807, 2.05) is 24.3 Å². The van der Waals surface area contributed by atoms with Crippen LogP contribution < -0.4 is 16.0 Å². The fourth-order valence-electron chi connectivity index (χ4n) is 2.32. The van der Waals surface area contributed by atoms with Crippen LogP contribution in [0.1, 0.15) is 17.2 Å². The Labute approximate surface area is 122 Å². The first-order valence-corrected chi connectivity index (χ1v) is 6.48. The van der Waals surface area contributed by atoms with Gasteiger partial charge in [0.2, 0.25) is 0 Å². The van der Waals surface area contributed by atoms with Crippen LogP contribution in [0.15, 0.2) is 49.1 Å². The third kappa shape index (κ3) is 2.54. The van der Waals surface area contributed by atoms with Crippen LogP contribution in [0.2, 0.25) is 0 Å². The molecule has 0 aliphatic carbocycles. The summed E-state index contributed by atoms with van der Waals surface area (Å²) in [5.74, 6) is 6.43. The van der Waals surface area contributed by atoms with Crippen molar-refractivity contribution in [3.63, 3.8) is 0 Å². The van der Waals surface area contributed by atoms with Crippen LogP contribution in [0.3, 0.4) is 0 Å². The summed E-state index contributed by atoms with van der Waals surface area (Å²) >= 11 is 0. The van der Waals surface area contributed by atoms with E-state index < -0.39 is 0 Å². The summed E-state index contributed by atoms with van der Waals surface area (Å²) in [6.07, 6.45) is 6.75. The molecule has 0 aliphatic heterocycles. The van der Waals surface area contributed by atoms with Gasteiger partial charge in [0.1, 0.15) is 5.75 Å². The van der Waals surface area contributed by atoms with Gasteiger partial charge in [-0.3, -0.25) is 20.8 Å². The number of rotatable bonds is 4. The molecule has 1 unspecified atom stereocenters. The molecule has 0 fully saturated rings. The van der Waals surface area contributed by atoms with Crippen LogP contribution in [-0.4, -0.2) is 22.1 Å². The number of pyridine rings is 1. The van der Waals surface area contributed by atoms with Gasteiger partial charge in [-0.1, -0.05) is 12.1 Å². The topological polar surface area (TPSA) is 86.0 Å². The van der Waals surface area contributed by atoms with Crippen LogP contribution in [0, 0.1) is 0 Å². The van der Waals surface area contributed by atoms with E-state index in [9.17, 15) is 0 Å². The van der Waals surface area contributed by atoms with Crippen LogP contribution in [-0.2, 0) is 0 Å². The van der Waals surface area contributed by atoms with Crippen molar-refractivity contribution >= 4 is 11.0 Å². The van der Waals surface area contributed by atoms with Gasteiger partial charge in [-0.2, -0.15) is 0 Å². The van der Waals surface area contributed by atoms with Gasteiger partial charge in [-0.15, -0.1) is 0 Å². The minimum absolute atomic E-state index is 0.243. The Morgan fingerprint density at radius 3 is 2.86 bits per heavy atom. The number of nitrogens with two attached hydrogens (primary N) is 1. The van der Waals surface area contributed by atoms with Gasteiger partial charge >= 0.3 is 0 Å². The average molecular weight is 281 g/mol. The van der Waals surface area contributed by atoms with Gasteiger partial charge in [0, 0.05) is 24.2 Å². The summed E-state index contributed by atoms with van der Waals surface area (Å²) in [5, 5.41) is 0. The summed E-state index contributed by atoms with van der Waals surface area (Å²) in [6, 6.07) is 7.48. The largest absolute Gasteiger partial charge is 0.495 e. The highest BCUT2D eigenvalue weighted by Gasteiger charge is 2.17. The van der Waals surface area contributed by atoms with Crippen molar-refractivity contribution in [3.05, 3.63) is 60.2 Å². The smallest absolute Gasteiger partial charge is 0.137 e. The highest BCUT2D eigenvalue weighted by atomic mass is 16.5. The molecule has 3 N–H and O–H groups in total. The van der Waals surface area contributed by atoms with Crippen LogP contribution >= 0.6 is 0 Å². The van der Waals surface area contributed by atoms with Crippen LogP contribution in [0.5, 0.6) is 5.75 Å². The highest BCUT2D eigenvalue weighted by molar-refractivity contribution is 5.78. The molecule has 106 valence electrons. The lowest BCUT2D eigenvalue weighted by Gasteiger charge is -2.18. The number of nitrogens with zero attached hydrogens (tertiary/aromatic N) is 3. The van der Waals surface area contributed by atoms with Gasteiger partial charge in [-0.25, -0.2) is 5.43 Å². The van der Waals surface area contributed by atoms with Gasteiger partial charge in [0.05, 0.1) is 30.4 Å². The standard InChI is InChI=1S/C15H15N5O/c1-21-11-7-10(8-17-9-11)14(20-16)12-3-2-4-13-15(12)19-6-5-18-13/h2-9,14,20H,16H2,1H3. The molecule has 2 heterocycles. The molecule has 3 aromatic rings. The fourth-order valence-corrected chi connectivity index (χ4v) is 2.32. The number of aromatic nitrogens is 3. The van der Waals surface area contributed by atoms with E-state index in [0.29, 0.717) is 5.75 Å². The van der Waals surface area contributed by atoms with E-state index in [4.69, 9.17) is 10.6 Å². The van der Waals surface area contributed by atoms with Crippen LogP contribution in [0.25, 0.3) is 11.0 Å². The lowest BCUT2D eigenvalue weighted by Crippen LogP contribution is -2.29. The maximum atomic E-state index is 5.75. The zero-order valence-corrected chi connectivity index (χ0v) is 11.5. The molecule has 0 spiro atoms. The van der Waals surface area contributed by atoms with E-state index in [1.54, 1.807) is 31.9 Å². The first kappa shape index (κ1) is 13.4. The Morgan fingerprint density at radius 1 is 1.19 bits per heavy atom. The van der Waals surface area contributed by atoms with Crippen molar-refractivity contribution in [1.29, 1.82) is 0 Å². The minimum atomic E-state index is -0.243. The predicted octanol–water partition coefficient (Wildman–Crippen LogP) is 1.59. The molecule has 1 aromatic carbocycles. The SMILES string of the molecule is COc1cncc(C(NN)c2cccc3nccnc23)c1. The summed E-state index contributed by atoms with van der Waals surface area (Å²) in [4.78, 5) is 12.9. The first-order chi connectivity index (χ1) is 10.3. The maximum absolute atomic E-state index is 5.75. The lowest BCUT2D eigenvalue weighted by molar-refractivity contribution is 0.411. The quantitative estimate of drug-likeness (QED) is 0.558. The summed E-state index contributed by atoms with van der Waals surface area (Å²) in [7, 11) is 1.61. The van der Waals surface area contributed by atoms with Crippen molar-refractivity contribution in [2.24, 2.45) is 5.84 Å². The molecule has 3 rings (SSSR count). The van der Waals surface area contributed by atoms with Crippen molar-refractivity contribution in [2.45, 2.75) is 6.04 Å². The molecule has 0 amide bonds. The molecule has 21 heavy (non-hydrogen) atoms. The molecule has 0 saturated carbocycles. The number of hydrazine groups is 1. The van der Waals surface area contributed by atoms with E-state index in [-0.39, 0.29) is 6.04 Å². The van der Waals surface area contributed by atoms with Crippen molar-refractivity contribution in [3.8, 4) is 5.75 Å². The molecule has 0 radical (unpaired) electrons. The Kier molecular flexibility index (Phi) is 3.72. The molecular weight excluding hydrogens is 266 g/mol. The molecule has 0 bridgehead atoms. The molecule has 0 saturated heterocycles. The zero-order valence-electron chi connectivity index (χ0n) is 11.5. The molecule has 6 nitrogen and oxygen atoms in total. The van der Waals surface area contributed by atoms with Crippen molar-refractivity contribution < 1.29 is 4.74 Å². The number of hydrogen-bond donors (Lipinski definition) is 2. The Morgan fingerprint density at radius 2 is 2.05 bits per heavy atom. The number of fused-ring (bicyclic) bond motifs is 1. The zero-order chi connectivity index (χ0) is 14.7. The predicted molar refractivity (Wildman–Crippen MR) is 79.5 cm³/mol. The van der Waals surface area contributed by atoms with Gasteiger partial charge < -0.3 is 4.74 Å². The molecular formula is C15H15N5O. The highest BCUT2D eigenvalue weighted by Crippen LogP contribution is 2.27. The minimum Gasteiger partial charge on any atom is -0.495 e. The van der Waals surface area contributed by atoms with E-state index in [0.717, 1.165) is 22.2 Å². The summed E-state index contributed by atoms with van der Waals surface area (Å²) in [6.45, 7) is 0. The third-order valence-corrected chi connectivity index (χ3v) is 3.31. The van der Waals surface area contributed by atoms with Crippen molar-refractivity contribution in [2.75, 3.05) is 7.11 Å². The van der Waals surface area contributed by atoms with E-state index in [1.165, 1.54) is 0 Å². The number of hydrogen-bond acceptors (Lipinski definition) is 6. The number of benzene rings is 1. The fraction of sp³-hybridized carbons (Fsp3) is 0.133. The molecule has 6 heteroatoms. The Hall–Kier alpha value is -2.57. The normalized spacial score (nSPS) is 12.3. The summed E-state index contributed by atoms with van der Waals surface area (Å²) < 4.78 is 5.21. The Bertz CT molecular complexity index is 756. The maximum Gasteiger partial charge on any atom is 0.137 e. The molecule has 2 aromatic heterocycles. The molecule has 1 atom stereocenters. The Balaban J connectivity index is 2.13. The van der Waals surface area contributed by atoms with Gasteiger partial charge in [-0.05, 0) is 17.7 Å². The number of para-hydroxylation sites is 1. The average Bonchev–Trinajstić information content (AvgIpc) is 2.56. The number of ether oxygens (including phenoxy) is 1. The van der Waals surface area contributed by atoms with Gasteiger partial charge in [0.15, 0.2) is 0 Å². The summed E-state index contributed by atoms with van der Waals surface area (Å²) in [5.41, 5.74) is 6.29. The monoisotopic (exact) mass is 281 g/mol. The second kappa shape index (κ2) is 5.82. The second-order valence-corrected chi connectivity index (χ2v) is 4.53. The number of nitrogens with one attached hydrogen (secondary N) is 1.